The summed E-state index contributed by atoms with van der Waals surface area (Å²) in [6, 6.07) is 17.0. The molecule has 5 rings (SSSR count). The zero-order chi connectivity index (χ0) is 20.5. The second-order valence-electron chi connectivity index (χ2n) is 7.47. The van der Waals surface area contributed by atoms with Crippen molar-refractivity contribution in [1.29, 1.82) is 0 Å². The van der Waals surface area contributed by atoms with Crippen molar-refractivity contribution in [2.45, 2.75) is 33.2 Å². The lowest BCUT2D eigenvalue weighted by Crippen LogP contribution is -2.05. The number of aryl methyl sites for hydroxylation is 2. The summed E-state index contributed by atoms with van der Waals surface area (Å²) in [4.78, 5) is 9.16. The van der Waals surface area contributed by atoms with E-state index in [1.807, 2.05) is 12.1 Å². The number of nitrogens with zero attached hydrogens (tertiary/aromatic N) is 6. The lowest BCUT2D eigenvalue weighted by atomic mass is 9.98. The number of amidine groups is 1. The number of benzene rings is 2. The largest absolute Gasteiger partial charge is 0.282 e. The maximum atomic E-state index is 4.78. The number of hydrogen-bond acceptors (Lipinski definition) is 4. The molecular weight excluding hydrogens is 372 g/mol. The van der Waals surface area contributed by atoms with E-state index in [-0.39, 0.29) is 0 Å². The van der Waals surface area contributed by atoms with E-state index < -0.39 is 0 Å². The predicted octanol–water partition coefficient (Wildman–Crippen LogP) is 5.15. The first-order valence-electron chi connectivity index (χ1n) is 10.4. The fraction of sp³-hybridized carbons (Fsp3) is 0.250. The third-order valence-corrected chi connectivity index (χ3v) is 5.58. The van der Waals surface area contributed by atoms with Crippen molar-refractivity contribution in [3.8, 4) is 11.1 Å². The van der Waals surface area contributed by atoms with Gasteiger partial charge in [-0.15, -0.1) is 5.11 Å². The molecule has 2 aromatic heterocycles. The molecule has 0 atom stereocenters. The van der Waals surface area contributed by atoms with Crippen LogP contribution in [0.3, 0.4) is 0 Å². The molecule has 0 spiro atoms. The Morgan fingerprint density at radius 1 is 0.900 bits per heavy atom. The lowest BCUT2D eigenvalue weighted by Gasteiger charge is -2.10. The Labute approximate surface area is 175 Å². The van der Waals surface area contributed by atoms with Crippen LogP contribution in [0.5, 0.6) is 0 Å². The Balaban J connectivity index is 1.45. The van der Waals surface area contributed by atoms with Gasteiger partial charge in [-0.2, -0.15) is 5.11 Å². The molecule has 0 saturated carbocycles. The van der Waals surface area contributed by atoms with Gasteiger partial charge in [-0.3, -0.25) is 4.68 Å². The molecule has 0 amide bonds. The zero-order valence-electron chi connectivity index (χ0n) is 17.3. The topological polar surface area (TPSA) is 59.3 Å². The Morgan fingerprint density at radius 3 is 2.40 bits per heavy atom. The lowest BCUT2D eigenvalue weighted by molar-refractivity contribution is 0.640. The van der Waals surface area contributed by atoms with Gasteiger partial charge in [0.05, 0.1) is 18.4 Å². The molecule has 0 unspecified atom stereocenters. The van der Waals surface area contributed by atoms with Crippen molar-refractivity contribution >= 4 is 11.5 Å². The normalized spacial score (nSPS) is 13.3. The number of imidazole rings is 1. The fourth-order valence-corrected chi connectivity index (χ4v) is 3.95. The van der Waals surface area contributed by atoms with Crippen LogP contribution in [0.4, 0.5) is 0 Å². The molecule has 0 aliphatic carbocycles. The fourth-order valence-electron chi connectivity index (χ4n) is 3.95. The summed E-state index contributed by atoms with van der Waals surface area (Å²) >= 11 is 0. The van der Waals surface area contributed by atoms with Gasteiger partial charge >= 0.3 is 0 Å². The van der Waals surface area contributed by atoms with Gasteiger partial charge in [0, 0.05) is 17.3 Å². The van der Waals surface area contributed by atoms with Crippen LogP contribution in [0.1, 0.15) is 36.2 Å². The number of hydrogen-bond donors (Lipinski definition) is 0. The molecule has 0 fully saturated rings. The third kappa shape index (κ3) is 3.24. The molecule has 4 aromatic rings. The molecule has 30 heavy (non-hydrogen) atoms. The van der Waals surface area contributed by atoms with E-state index in [4.69, 9.17) is 4.98 Å². The van der Waals surface area contributed by atoms with E-state index in [1.54, 1.807) is 0 Å². The van der Waals surface area contributed by atoms with Gasteiger partial charge in [-0.1, -0.05) is 62.4 Å². The van der Waals surface area contributed by atoms with Gasteiger partial charge in [0.25, 0.3) is 0 Å². The Hall–Kier alpha value is -3.54. The number of rotatable bonds is 6. The van der Waals surface area contributed by atoms with Crippen LogP contribution in [0.2, 0.25) is 0 Å². The minimum absolute atomic E-state index is 0.418. The molecule has 150 valence electrons. The molecular formula is C24H24N6. The van der Waals surface area contributed by atoms with Gasteiger partial charge in [-0.25, -0.2) is 14.5 Å². The standard InChI is InChI=1S/C24H24N6/c1-3-18-14-29(30-15-20(4-2)27-24(18)30)13-17-9-11-19(12-10-17)21-7-5-6-8-22(21)23-25-16-26-28-23/h5-12,14-15H,3-4,13,16H2,1-2H3. The quantitative estimate of drug-likeness (QED) is 0.445. The molecule has 0 N–H and O–H groups in total. The smallest absolute Gasteiger partial charge is 0.179 e. The van der Waals surface area contributed by atoms with Crippen LogP contribution < -0.4 is 0 Å². The maximum Gasteiger partial charge on any atom is 0.179 e. The molecule has 1 aliphatic rings. The van der Waals surface area contributed by atoms with Crippen LogP contribution >= 0.6 is 0 Å². The summed E-state index contributed by atoms with van der Waals surface area (Å²) in [5.41, 5.74) is 8.05. The molecule has 0 radical (unpaired) electrons. The van der Waals surface area contributed by atoms with Crippen LogP contribution in [0.25, 0.3) is 16.8 Å². The van der Waals surface area contributed by atoms with E-state index in [9.17, 15) is 0 Å². The van der Waals surface area contributed by atoms with Gasteiger partial charge in [0.2, 0.25) is 0 Å². The summed E-state index contributed by atoms with van der Waals surface area (Å²) in [5, 5.41) is 8.17. The average molecular weight is 396 g/mol. The van der Waals surface area contributed by atoms with E-state index in [0.717, 1.165) is 47.4 Å². The minimum Gasteiger partial charge on any atom is -0.282 e. The van der Waals surface area contributed by atoms with Crippen molar-refractivity contribution in [3.05, 3.63) is 83.3 Å². The highest BCUT2D eigenvalue weighted by molar-refractivity contribution is 6.05. The number of fused-ring (bicyclic) bond motifs is 1. The van der Waals surface area contributed by atoms with Gasteiger partial charge in [0.1, 0.15) is 0 Å². The highest BCUT2D eigenvalue weighted by Gasteiger charge is 2.14. The summed E-state index contributed by atoms with van der Waals surface area (Å²) in [7, 11) is 0. The van der Waals surface area contributed by atoms with Crippen molar-refractivity contribution in [2.75, 3.05) is 6.67 Å². The Morgan fingerprint density at radius 2 is 1.70 bits per heavy atom. The first-order chi connectivity index (χ1) is 14.8. The van der Waals surface area contributed by atoms with Crippen LogP contribution in [-0.2, 0) is 19.4 Å². The Kier molecular flexibility index (Phi) is 4.75. The van der Waals surface area contributed by atoms with Crippen LogP contribution in [-0.4, -0.2) is 26.7 Å². The van der Waals surface area contributed by atoms with Crippen molar-refractivity contribution in [1.82, 2.24) is 14.2 Å². The predicted molar refractivity (Wildman–Crippen MR) is 119 cm³/mol. The van der Waals surface area contributed by atoms with E-state index in [0.29, 0.717) is 12.5 Å². The van der Waals surface area contributed by atoms with Crippen molar-refractivity contribution in [3.63, 3.8) is 0 Å². The summed E-state index contributed by atoms with van der Waals surface area (Å²) in [5.74, 6) is 0.711. The molecule has 0 bridgehead atoms. The minimum atomic E-state index is 0.418. The molecule has 1 aliphatic heterocycles. The number of aromatic nitrogens is 3. The van der Waals surface area contributed by atoms with Gasteiger partial charge < -0.3 is 0 Å². The number of azo groups is 1. The SMILES string of the molecule is CCc1cn2c(n1)c(CC)cn2Cc1ccc(-c2ccccc2C2=NCN=N2)cc1. The summed E-state index contributed by atoms with van der Waals surface area (Å²) in [6.45, 7) is 5.55. The average Bonchev–Trinajstić information content (AvgIpc) is 3.52. The molecule has 3 heterocycles. The molecule has 6 heteroatoms. The first kappa shape index (κ1) is 18.5. The van der Waals surface area contributed by atoms with E-state index in [1.165, 1.54) is 11.1 Å². The maximum absolute atomic E-state index is 4.78. The molecule has 6 nitrogen and oxygen atoms in total. The molecule has 0 saturated heterocycles. The summed E-state index contributed by atoms with van der Waals surface area (Å²) in [6.07, 6.45) is 6.29. The highest BCUT2D eigenvalue weighted by atomic mass is 15.4. The highest BCUT2D eigenvalue weighted by Crippen LogP contribution is 2.26. The van der Waals surface area contributed by atoms with E-state index in [2.05, 4.69) is 87.1 Å². The second-order valence-corrected chi connectivity index (χ2v) is 7.47. The second kappa shape index (κ2) is 7.71. The van der Waals surface area contributed by atoms with E-state index >= 15 is 0 Å². The van der Waals surface area contributed by atoms with Crippen molar-refractivity contribution < 1.29 is 0 Å². The zero-order valence-corrected chi connectivity index (χ0v) is 17.3. The van der Waals surface area contributed by atoms with Gasteiger partial charge in [0.15, 0.2) is 18.2 Å². The third-order valence-electron chi connectivity index (χ3n) is 5.58. The number of aliphatic imine (C=N–C) groups is 1. The monoisotopic (exact) mass is 396 g/mol. The molecule has 2 aromatic carbocycles. The first-order valence-corrected chi connectivity index (χ1v) is 10.4. The summed E-state index contributed by atoms with van der Waals surface area (Å²) < 4.78 is 4.43. The van der Waals surface area contributed by atoms with Gasteiger partial charge in [-0.05, 0) is 29.5 Å². The Bertz CT molecular complexity index is 1260. The van der Waals surface area contributed by atoms with Crippen LogP contribution in [0.15, 0.2) is 76.1 Å². The van der Waals surface area contributed by atoms with Crippen LogP contribution in [0, 0.1) is 0 Å². The van der Waals surface area contributed by atoms with Crippen molar-refractivity contribution in [2.24, 2.45) is 15.2 Å².